The standard InChI is InChI=1S/C23H24N2O.C2H4/c1-4-17(5-2)22-15-20(19-13-9-10-14-21(19)25-22)23(26)24-16(3)18-11-7-6-8-12-18;1-2/h4-5,7,9-16H,1,6,8H2,2-3H3,(H,24,26);1-2H2/b17-5+;. The molecule has 0 fully saturated rings. The third-order valence-corrected chi connectivity index (χ3v) is 4.66. The van der Waals surface area contributed by atoms with Crippen molar-refractivity contribution in [2.75, 3.05) is 0 Å². The minimum atomic E-state index is -0.0864. The van der Waals surface area contributed by atoms with Crippen LogP contribution in [0, 0.1) is 0 Å². The van der Waals surface area contributed by atoms with E-state index in [2.05, 4.69) is 48.3 Å². The lowest BCUT2D eigenvalue weighted by Crippen LogP contribution is -2.34. The van der Waals surface area contributed by atoms with Crippen molar-refractivity contribution in [3.8, 4) is 0 Å². The molecule has 1 aliphatic rings. The molecule has 0 spiro atoms. The van der Waals surface area contributed by atoms with E-state index in [1.807, 2.05) is 50.3 Å². The van der Waals surface area contributed by atoms with Crippen molar-refractivity contribution in [1.29, 1.82) is 0 Å². The quantitative estimate of drug-likeness (QED) is 0.515. The highest BCUT2D eigenvalue weighted by molar-refractivity contribution is 6.07. The summed E-state index contributed by atoms with van der Waals surface area (Å²) >= 11 is 0. The summed E-state index contributed by atoms with van der Waals surface area (Å²) in [6.07, 6.45) is 12.2. The number of para-hydroxylation sites is 1. The number of allylic oxidation sites excluding steroid dienone is 5. The molecule has 1 aromatic carbocycles. The summed E-state index contributed by atoms with van der Waals surface area (Å²) in [5, 5.41) is 3.98. The molecule has 3 heteroatoms. The molecule has 1 heterocycles. The first-order chi connectivity index (χ1) is 13.6. The van der Waals surface area contributed by atoms with E-state index in [-0.39, 0.29) is 11.9 Å². The molecule has 28 heavy (non-hydrogen) atoms. The van der Waals surface area contributed by atoms with Crippen LogP contribution in [0.2, 0.25) is 0 Å². The van der Waals surface area contributed by atoms with Crippen LogP contribution in [0.1, 0.15) is 42.7 Å². The van der Waals surface area contributed by atoms with Crippen molar-refractivity contribution in [1.82, 2.24) is 10.3 Å². The Bertz CT molecular complexity index is 950. The van der Waals surface area contributed by atoms with Gasteiger partial charge in [-0.3, -0.25) is 4.79 Å². The van der Waals surface area contributed by atoms with E-state index in [1.54, 1.807) is 6.08 Å². The van der Waals surface area contributed by atoms with Gasteiger partial charge in [-0.15, -0.1) is 13.2 Å². The third kappa shape index (κ3) is 4.74. The number of benzene rings is 1. The summed E-state index contributed by atoms with van der Waals surface area (Å²) < 4.78 is 0. The van der Waals surface area contributed by atoms with E-state index in [1.165, 1.54) is 0 Å². The molecule has 3 rings (SSSR count). The maximum absolute atomic E-state index is 13.0. The topological polar surface area (TPSA) is 42.0 Å². The van der Waals surface area contributed by atoms with Gasteiger partial charge in [0.1, 0.15) is 0 Å². The van der Waals surface area contributed by atoms with Gasteiger partial charge in [0.05, 0.1) is 22.8 Å². The summed E-state index contributed by atoms with van der Waals surface area (Å²) in [7, 11) is 0. The molecule has 0 bridgehead atoms. The lowest BCUT2D eigenvalue weighted by atomic mass is 10.00. The van der Waals surface area contributed by atoms with Crippen LogP contribution < -0.4 is 5.32 Å². The predicted octanol–water partition coefficient (Wildman–Crippen LogP) is 6.02. The van der Waals surface area contributed by atoms with Crippen LogP contribution in [0.25, 0.3) is 16.5 Å². The van der Waals surface area contributed by atoms with Gasteiger partial charge in [-0.1, -0.05) is 55.2 Å². The number of fused-ring (bicyclic) bond motifs is 1. The molecule has 1 amide bonds. The van der Waals surface area contributed by atoms with Gasteiger partial charge in [0.15, 0.2) is 0 Å². The first kappa shape index (κ1) is 21.1. The molecular formula is C25H28N2O. The van der Waals surface area contributed by atoms with Crippen LogP contribution in [0.15, 0.2) is 86.0 Å². The Morgan fingerprint density at radius 2 is 2.00 bits per heavy atom. The minimum absolute atomic E-state index is 0.0324. The number of nitrogens with one attached hydrogen (secondary N) is 1. The summed E-state index contributed by atoms with van der Waals surface area (Å²) in [6, 6.07) is 9.56. The van der Waals surface area contributed by atoms with E-state index in [9.17, 15) is 4.79 Å². The SMILES string of the molecule is C=C.C=C/C(=C\C)c1cc(C(=O)NC(C)C2=CCCC=C2)c2ccccc2n1. The summed E-state index contributed by atoms with van der Waals surface area (Å²) in [4.78, 5) is 17.7. The van der Waals surface area contributed by atoms with Crippen LogP contribution in [0.4, 0.5) is 0 Å². The van der Waals surface area contributed by atoms with Gasteiger partial charge in [0.25, 0.3) is 5.91 Å². The van der Waals surface area contributed by atoms with Crippen LogP contribution in [-0.4, -0.2) is 16.9 Å². The van der Waals surface area contributed by atoms with Gasteiger partial charge in [-0.25, -0.2) is 4.98 Å². The van der Waals surface area contributed by atoms with E-state index in [4.69, 9.17) is 0 Å². The molecule has 2 aromatic rings. The Morgan fingerprint density at radius 1 is 1.25 bits per heavy atom. The van der Waals surface area contributed by atoms with Crippen molar-refractivity contribution in [3.05, 3.63) is 97.3 Å². The smallest absolute Gasteiger partial charge is 0.252 e. The highest BCUT2D eigenvalue weighted by Gasteiger charge is 2.17. The lowest BCUT2D eigenvalue weighted by molar-refractivity contribution is 0.0947. The normalized spacial score (nSPS) is 14.5. The fourth-order valence-electron chi connectivity index (χ4n) is 3.19. The zero-order chi connectivity index (χ0) is 20.5. The average Bonchev–Trinajstić information content (AvgIpc) is 2.76. The fraction of sp³-hybridized carbons (Fsp3) is 0.200. The van der Waals surface area contributed by atoms with Gasteiger partial charge in [0.2, 0.25) is 0 Å². The zero-order valence-electron chi connectivity index (χ0n) is 16.7. The van der Waals surface area contributed by atoms with Crippen molar-refractivity contribution >= 4 is 22.4 Å². The maximum atomic E-state index is 13.0. The van der Waals surface area contributed by atoms with E-state index in [0.29, 0.717) is 5.56 Å². The first-order valence-corrected chi connectivity index (χ1v) is 9.50. The first-order valence-electron chi connectivity index (χ1n) is 9.50. The average molecular weight is 373 g/mol. The van der Waals surface area contributed by atoms with Crippen molar-refractivity contribution < 1.29 is 4.79 Å². The molecule has 0 saturated heterocycles. The summed E-state index contributed by atoms with van der Waals surface area (Å²) in [5.74, 6) is -0.0864. The van der Waals surface area contributed by atoms with E-state index < -0.39 is 0 Å². The Morgan fingerprint density at radius 3 is 2.64 bits per heavy atom. The van der Waals surface area contributed by atoms with Gasteiger partial charge >= 0.3 is 0 Å². The van der Waals surface area contributed by atoms with Crippen molar-refractivity contribution in [2.45, 2.75) is 32.7 Å². The van der Waals surface area contributed by atoms with Crippen LogP contribution in [0.3, 0.4) is 0 Å². The second kappa shape index (κ2) is 10.2. The Balaban J connectivity index is 0.00000136. The lowest BCUT2D eigenvalue weighted by Gasteiger charge is -2.18. The fourth-order valence-corrected chi connectivity index (χ4v) is 3.19. The molecule has 1 aliphatic carbocycles. The molecular weight excluding hydrogens is 344 g/mol. The second-order valence-corrected chi connectivity index (χ2v) is 6.40. The van der Waals surface area contributed by atoms with E-state index in [0.717, 1.165) is 40.6 Å². The van der Waals surface area contributed by atoms with Gasteiger partial charge < -0.3 is 5.32 Å². The number of carbonyl (C=O) groups excluding carboxylic acids is 1. The summed E-state index contributed by atoms with van der Waals surface area (Å²) in [6.45, 7) is 13.8. The zero-order valence-corrected chi connectivity index (χ0v) is 16.7. The van der Waals surface area contributed by atoms with Gasteiger partial charge in [-0.05, 0) is 50.0 Å². The molecule has 3 nitrogen and oxygen atoms in total. The third-order valence-electron chi connectivity index (χ3n) is 4.66. The Labute approximate surface area is 167 Å². The Hall–Kier alpha value is -3.20. The molecule has 0 saturated carbocycles. The number of aromatic nitrogens is 1. The highest BCUT2D eigenvalue weighted by Crippen LogP contribution is 2.23. The number of carbonyl (C=O) groups is 1. The minimum Gasteiger partial charge on any atom is -0.346 e. The predicted molar refractivity (Wildman–Crippen MR) is 120 cm³/mol. The monoisotopic (exact) mass is 372 g/mol. The van der Waals surface area contributed by atoms with Crippen LogP contribution >= 0.6 is 0 Å². The largest absolute Gasteiger partial charge is 0.346 e. The number of pyridine rings is 1. The molecule has 1 N–H and O–H groups in total. The molecule has 0 aliphatic heterocycles. The molecule has 1 aromatic heterocycles. The molecule has 0 radical (unpaired) electrons. The number of hydrogen-bond donors (Lipinski definition) is 1. The number of hydrogen-bond acceptors (Lipinski definition) is 2. The molecule has 1 unspecified atom stereocenters. The highest BCUT2D eigenvalue weighted by atomic mass is 16.1. The Kier molecular flexibility index (Phi) is 7.70. The number of rotatable bonds is 5. The van der Waals surface area contributed by atoms with Gasteiger partial charge in [0, 0.05) is 5.39 Å². The van der Waals surface area contributed by atoms with Crippen molar-refractivity contribution in [3.63, 3.8) is 0 Å². The number of nitrogens with zero attached hydrogens (tertiary/aromatic N) is 1. The number of amides is 1. The molecule has 144 valence electrons. The van der Waals surface area contributed by atoms with Crippen LogP contribution in [0.5, 0.6) is 0 Å². The molecule has 1 atom stereocenters. The van der Waals surface area contributed by atoms with Crippen LogP contribution in [-0.2, 0) is 0 Å². The second-order valence-electron chi connectivity index (χ2n) is 6.40. The van der Waals surface area contributed by atoms with E-state index >= 15 is 0 Å². The van der Waals surface area contributed by atoms with Crippen molar-refractivity contribution in [2.24, 2.45) is 0 Å². The maximum Gasteiger partial charge on any atom is 0.252 e. The van der Waals surface area contributed by atoms with Gasteiger partial charge in [-0.2, -0.15) is 0 Å². The summed E-state index contributed by atoms with van der Waals surface area (Å²) in [5.41, 5.74) is 4.27.